The summed E-state index contributed by atoms with van der Waals surface area (Å²) < 4.78 is 44.4. The van der Waals surface area contributed by atoms with Gasteiger partial charge in [-0.2, -0.15) is 5.10 Å². The fourth-order valence-corrected chi connectivity index (χ4v) is 6.41. The number of nitrogens with zero attached hydrogens (tertiary/aromatic N) is 2. The minimum absolute atomic E-state index is 0.125. The van der Waals surface area contributed by atoms with E-state index in [0.717, 1.165) is 16.7 Å². The number of esters is 1. The molecule has 6 rings (SSSR count). The predicted octanol–water partition coefficient (Wildman–Crippen LogP) is 7.45. The zero-order valence-electron chi connectivity index (χ0n) is 24.7. The largest absolute Gasteiger partial charge is 0.458 e. The van der Waals surface area contributed by atoms with Crippen LogP contribution >= 0.6 is 0 Å². The van der Waals surface area contributed by atoms with E-state index in [-0.39, 0.29) is 10.8 Å². The number of furan rings is 1. The fourth-order valence-electron chi connectivity index (χ4n) is 5.32. The monoisotopic (exact) mass is 605 g/mol. The normalized spacial score (nSPS) is 12.3. The number of nitrogens with one attached hydrogen (secondary N) is 1. The molecule has 1 atom stereocenters. The van der Waals surface area contributed by atoms with Crippen LogP contribution in [-0.2, 0) is 14.8 Å². The lowest BCUT2D eigenvalue weighted by Gasteiger charge is -2.20. The minimum Gasteiger partial charge on any atom is -0.458 e. The molecule has 0 saturated heterocycles. The van der Waals surface area contributed by atoms with Crippen molar-refractivity contribution >= 4 is 32.6 Å². The number of rotatable bonds is 8. The zero-order valence-corrected chi connectivity index (χ0v) is 25.6. The first kappa shape index (κ1) is 28.9. The van der Waals surface area contributed by atoms with Gasteiger partial charge in [0.05, 0.1) is 33.4 Å². The van der Waals surface area contributed by atoms with Crippen molar-refractivity contribution in [2.24, 2.45) is 0 Å². The lowest BCUT2D eigenvalue weighted by molar-refractivity contribution is -0.132. The molecule has 0 spiro atoms. The molecule has 0 fully saturated rings. The van der Waals surface area contributed by atoms with Crippen molar-refractivity contribution in [3.05, 3.63) is 137 Å². The van der Waals surface area contributed by atoms with Gasteiger partial charge >= 0.3 is 5.97 Å². The Hall–Kier alpha value is -5.15. The Morgan fingerprint density at radius 3 is 2.11 bits per heavy atom. The van der Waals surface area contributed by atoms with Gasteiger partial charge in [0, 0.05) is 12.3 Å². The molecule has 9 heteroatoms. The summed E-state index contributed by atoms with van der Waals surface area (Å²) in [6.45, 7) is 7.06. The predicted molar refractivity (Wildman–Crippen MR) is 170 cm³/mol. The number of carbonyl (C=O) groups is 1. The van der Waals surface area contributed by atoms with Gasteiger partial charge in [0.25, 0.3) is 10.0 Å². The molecule has 222 valence electrons. The summed E-state index contributed by atoms with van der Waals surface area (Å²) in [7, 11) is -4.01. The molecule has 0 aliphatic carbocycles. The third-order valence-corrected chi connectivity index (χ3v) is 8.82. The summed E-state index contributed by atoms with van der Waals surface area (Å²) in [5.74, 6) is -0.657. The first-order chi connectivity index (χ1) is 21.1. The highest BCUT2D eigenvalue weighted by Gasteiger charge is 2.35. The van der Waals surface area contributed by atoms with E-state index >= 15 is 0 Å². The molecule has 44 heavy (non-hydrogen) atoms. The second-order valence-corrected chi connectivity index (χ2v) is 12.4. The number of anilines is 1. The molecule has 0 saturated carbocycles. The number of benzene rings is 4. The van der Waals surface area contributed by atoms with Gasteiger partial charge in [0.2, 0.25) is 5.88 Å². The molecule has 0 aliphatic rings. The maximum atomic E-state index is 13.8. The van der Waals surface area contributed by atoms with Crippen LogP contribution in [0.3, 0.4) is 0 Å². The van der Waals surface area contributed by atoms with E-state index in [1.54, 1.807) is 35.0 Å². The molecular formula is C35H31N3O5S. The Balaban J connectivity index is 1.63. The highest BCUT2D eigenvalue weighted by molar-refractivity contribution is 7.92. The van der Waals surface area contributed by atoms with Gasteiger partial charge in [-0.15, -0.1) is 0 Å². The second kappa shape index (κ2) is 11.5. The highest BCUT2D eigenvalue weighted by Crippen LogP contribution is 2.46. The zero-order chi connectivity index (χ0) is 31.0. The first-order valence-electron chi connectivity index (χ1n) is 14.1. The number of sulfonamides is 1. The standard InChI is InChI=1S/C35H31N3O5S/c1-22-14-18-26(19-15-22)32(31-24(3)36-38(35(31)42-25(4)39)27-10-6-5-7-11-27)34-33(29-12-8-9-13-30(29)43-34)37-44(40,41)28-20-16-23(2)17-21-28/h5-21,32,37H,1-4H3. The van der Waals surface area contributed by atoms with Crippen molar-refractivity contribution in [3.63, 3.8) is 0 Å². The summed E-state index contributed by atoms with van der Waals surface area (Å²) >= 11 is 0. The summed E-state index contributed by atoms with van der Waals surface area (Å²) in [6.07, 6.45) is 0. The summed E-state index contributed by atoms with van der Waals surface area (Å²) in [5.41, 5.74) is 5.46. The molecule has 0 amide bonds. The van der Waals surface area contributed by atoms with Crippen molar-refractivity contribution in [2.75, 3.05) is 4.72 Å². The molecule has 6 aromatic rings. The summed E-state index contributed by atoms with van der Waals surface area (Å²) in [6, 6.07) is 31.2. The van der Waals surface area contributed by atoms with Gasteiger partial charge < -0.3 is 9.15 Å². The highest BCUT2D eigenvalue weighted by atomic mass is 32.2. The van der Waals surface area contributed by atoms with E-state index < -0.39 is 21.9 Å². The van der Waals surface area contributed by atoms with Crippen LogP contribution in [-0.4, -0.2) is 24.2 Å². The molecule has 1 N–H and O–H groups in total. The Morgan fingerprint density at radius 1 is 0.841 bits per heavy atom. The van der Waals surface area contributed by atoms with Crippen LogP contribution in [0.15, 0.2) is 112 Å². The van der Waals surface area contributed by atoms with Crippen molar-refractivity contribution in [2.45, 2.75) is 38.5 Å². The number of hydrogen-bond acceptors (Lipinski definition) is 6. The molecule has 1 unspecified atom stereocenters. The smallest absolute Gasteiger partial charge is 0.309 e. The van der Waals surface area contributed by atoms with Gasteiger partial charge in [-0.05, 0) is 62.7 Å². The molecule has 0 radical (unpaired) electrons. The van der Waals surface area contributed by atoms with Crippen LogP contribution in [0.4, 0.5) is 5.69 Å². The maximum Gasteiger partial charge on any atom is 0.309 e. The van der Waals surface area contributed by atoms with Gasteiger partial charge in [-0.25, -0.2) is 13.1 Å². The molecule has 4 aromatic carbocycles. The fraction of sp³-hybridized carbons (Fsp3) is 0.143. The Bertz CT molecular complexity index is 2080. The average molecular weight is 606 g/mol. The molecule has 2 aromatic heterocycles. The average Bonchev–Trinajstić information content (AvgIpc) is 3.51. The van der Waals surface area contributed by atoms with Crippen molar-refractivity contribution in [3.8, 4) is 11.6 Å². The number of carbonyl (C=O) groups excluding carboxylic acids is 1. The molecule has 8 nitrogen and oxygen atoms in total. The number of para-hydroxylation sites is 2. The van der Waals surface area contributed by atoms with Gasteiger partial charge in [0.15, 0.2) is 0 Å². The van der Waals surface area contributed by atoms with Gasteiger partial charge in [-0.1, -0.05) is 77.9 Å². The van der Waals surface area contributed by atoms with E-state index in [2.05, 4.69) is 4.72 Å². The van der Waals surface area contributed by atoms with Crippen LogP contribution < -0.4 is 9.46 Å². The summed E-state index contributed by atoms with van der Waals surface area (Å²) in [4.78, 5) is 12.6. The second-order valence-electron chi connectivity index (χ2n) is 10.7. The van der Waals surface area contributed by atoms with E-state index in [1.807, 2.05) is 93.6 Å². The number of aryl methyl sites for hydroxylation is 3. The topological polar surface area (TPSA) is 103 Å². The number of ether oxygens (including phenoxy) is 1. The van der Waals surface area contributed by atoms with Crippen LogP contribution in [0.2, 0.25) is 0 Å². The quantitative estimate of drug-likeness (QED) is 0.181. The van der Waals surface area contributed by atoms with E-state index in [0.29, 0.717) is 39.4 Å². The number of hydrogen-bond donors (Lipinski definition) is 1. The van der Waals surface area contributed by atoms with E-state index in [9.17, 15) is 13.2 Å². The molecule has 2 heterocycles. The molecule has 0 bridgehead atoms. The molecule has 0 aliphatic heterocycles. The Morgan fingerprint density at radius 2 is 1.45 bits per heavy atom. The minimum atomic E-state index is -4.01. The molecular weight excluding hydrogens is 574 g/mol. The Labute approximate surface area is 256 Å². The maximum absolute atomic E-state index is 13.8. The van der Waals surface area contributed by atoms with E-state index in [1.165, 1.54) is 6.92 Å². The van der Waals surface area contributed by atoms with Crippen molar-refractivity contribution < 1.29 is 22.4 Å². The number of fused-ring (bicyclic) bond motifs is 1. The Kier molecular flexibility index (Phi) is 7.57. The van der Waals surface area contributed by atoms with Crippen LogP contribution in [0.5, 0.6) is 5.88 Å². The SMILES string of the molecule is CC(=O)Oc1c(C(c2ccc(C)cc2)c2oc3ccccc3c2NS(=O)(=O)c2ccc(C)cc2)c(C)nn1-c1ccccc1. The van der Waals surface area contributed by atoms with Crippen molar-refractivity contribution in [1.82, 2.24) is 9.78 Å². The third-order valence-electron chi connectivity index (χ3n) is 7.46. The lowest BCUT2D eigenvalue weighted by atomic mass is 9.87. The third kappa shape index (κ3) is 5.49. The lowest BCUT2D eigenvalue weighted by Crippen LogP contribution is -2.16. The van der Waals surface area contributed by atoms with E-state index in [4.69, 9.17) is 14.3 Å². The van der Waals surface area contributed by atoms with Crippen LogP contribution in [0, 0.1) is 20.8 Å². The van der Waals surface area contributed by atoms with Crippen LogP contribution in [0.1, 0.15) is 46.5 Å². The van der Waals surface area contributed by atoms with Crippen molar-refractivity contribution in [1.29, 1.82) is 0 Å². The van der Waals surface area contributed by atoms with Crippen LogP contribution in [0.25, 0.3) is 16.7 Å². The summed E-state index contributed by atoms with van der Waals surface area (Å²) in [5, 5.41) is 5.39. The first-order valence-corrected chi connectivity index (χ1v) is 15.6. The van der Waals surface area contributed by atoms with Gasteiger partial charge in [0.1, 0.15) is 11.3 Å². The number of aromatic nitrogens is 2. The van der Waals surface area contributed by atoms with Gasteiger partial charge in [-0.3, -0.25) is 9.52 Å².